The van der Waals surface area contributed by atoms with Crippen LogP contribution in [-0.2, 0) is 6.61 Å². The van der Waals surface area contributed by atoms with Crippen molar-refractivity contribution >= 4 is 0 Å². The van der Waals surface area contributed by atoms with Gasteiger partial charge in [0.15, 0.2) is 0 Å². The molecular formula is C14H23NO2. The maximum absolute atomic E-state index is 8.98. The zero-order valence-electron chi connectivity index (χ0n) is 10.9. The van der Waals surface area contributed by atoms with E-state index >= 15 is 0 Å². The molecule has 1 N–H and O–H groups in total. The van der Waals surface area contributed by atoms with E-state index in [-0.39, 0.29) is 6.61 Å². The summed E-state index contributed by atoms with van der Waals surface area (Å²) in [5.41, 5.74) is 0.657. The minimum Gasteiger partial charge on any atom is -0.477 e. The molecule has 0 aliphatic rings. The Kier molecular flexibility index (Phi) is 6.63. The van der Waals surface area contributed by atoms with Gasteiger partial charge in [-0.2, -0.15) is 0 Å². The molecule has 1 atom stereocenters. The van der Waals surface area contributed by atoms with Crippen molar-refractivity contribution in [2.24, 2.45) is 5.92 Å². The van der Waals surface area contributed by atoms with Gasteiger partial charge in [-0.3, -0.25) is 0 Å². The number of hydrogen-bond donors (Lipinski definition) is 1. The lowest BCUT2D eigenvalue weighted by molar-refractivity contribution is 0.222. The van der Waals surface area contributed by atoms with Gasteiger partial charge in [0.1, 0.15) is 0 Å². The van der Waals surface area contributed by atoms with Crippen LogP contribution in [0.1, 0.15) is 45.2 Å². The van der Waals surface area contributed by atoms with E-state index in [0.717, 1.165) is 13.0 Å². The fourth-order valence-electron chi connectivity index (χ4n) is 1.73. The Morgan fingerprint density at radius 2 is 2.18 bits per heavy atom. The van der Waals surface area contributed by atoms with E-state index in [1.165, 1.54) is 19.3 Å². The average Bonchev–Trinajstić information content (AvgIpc) is 2.39. The van der Waals surface area contributed by atoms with Crippen LogP contribution in [0.2, 0.25) is 0 Å². The highest BCUT2D eigenvalue weighted by Crippen LogP contribution is 2.15. The molecule has 0 amide bonds. The Morgan fingerprint density at radius 1 is 1.35 bits per heavy atom. The van der Waals surface area contributed by atoms with Crippen molar-refractivity contribution < 1.29 is 9.84 Å². The van der Waals surface area contributed by atoms with Gasteiger partial charge in [0, 0.05) is 6.07 Å². The summed E-state index contributed by atoms with van der Waals surface area (Å²) in [5.74, 6) is 1.22. The highest BCUT2D eigenvalue weighted by atomic mass is 16.5. The van der Waals surface area contributed by atoms with E-state index in [0.29, 0.717) is 17.5 Å². The standard InChI is InChI=1S/C14H23NO2/c1-3-5-7-12(4-2)11-17-14-9-6-8-13(10-16)15-14/h6,8-9,12,16H,3-5,7,10-11H2,1-2H3. The predicted octanol–water partition coefficient (Wildman–Crippen LogP) is 3.17. The zero-order valence-corrected chi connectivity index (χ0v) is 10.9. The van der Waals surface area contributed by atoms with Gasteiger partial charge in [0.2, 0.25) is 5.88 Å². The maximum atomic E-state index is 8.98. The quantitative estimate of drug-likeness (QED) is 0.755. The van der Waals surface area contributed by atoms with Crippen LogP contribution in [0.3, 0.4) is 0 Å². The monoisotopic (exact) mass is 237 g/mol. The molecule has 0 spiro atoms. The van der Waals surface area contributed by atoms with Crippen molar-refractivity contribution in [3.05, 3.63) is 23.9 Å². The van der Waals surface area contributed by atoms with E-state index in [1.807, 2.05) is 12.1 Å². The fourth-order valence-corrected chi connectivity index (χ4v) is 1.73. The molecule has 0 aromatic carbocycles. The Hall–Kier alpha value is -1.09. The average molecular weight is 237 g/mol. The van der Waals surface area contributed by atoms with Crippen LogP contribution in [-0.4, -0.2) is 16.7 Å². The SMILES string of the molecule is CCCCC(CC)COc1cccc(CO)n1. The summed E-state index contributed by atoms with van der Waals surface area (Å²) < 4.78 is 5.68. The number of pyridine rings is 1. The number of aromatic nitrogens is 1. The first-order valence-corrected chi connectivity index (χ1v) is 6.49. The lowest BCUT2D eigenvalue weighted by Gasteiger charge is -2.15. The van der Waals surface area contributed by atoms with Crippen molar-refractivity contribution in [3.63, 3.8) is 0 Å². The highest BCUT2D eigenvalue weighted by molar-refractivity contribution is 5.15. The number of aliphatic hydroxyl groups excluding tert-OH is 1. The fraction of sp³-hybridized carbons (Fsp3) is 0.643. The Labute approximate surface area is 104 Å². The van der Waals surface area contributed by atoms with Crippen molar-refractivity contribution in [3.8, 4) is 5.88 Å². The second kappa shape index (κ2) is 8.07. The lowest BCUT2D eigenvalue weighted by atomic mass is 10.0. The normalized spacial score (nSPS) is 12.4. The molecule has 3 nitrogen and oxygen atoms in total. The molecule has 1 aromatic heterocycles. The molecule has 96 valence electrons. The lowest BCUT2D eigenvalue weighted by Crippen LogP contribution is -2.12. The van der Waals surface area contributed by atoms with Crippen molar-refractivity contribution in [2.75, 3.05) is 6.61 Å². The van der Waals surface area contributed by atoms with Gasteiger partial charge < -0.3 is 9.84 Å². The summed E-state index contributed by atoms with van der Waals surface area (Å²) >= 11 is 0. The minimum absolute atomic E-state index is 0.0375. The topological polar surface area (TPSA) is 42.4 Å². The smallest absolute Gasteiger partial charge is 0.213 e. The molecule has 1 heterocycles. The Bertz CT molecular complexity index is 315. The molecule has 0 radical (unpaired) electrons. The van der Waals surface area contributed by atoms with Crippen LogP contribution in [0.5, 0.6) is 5.88 Å². The number of nitrogens with zero attached hydrogens (tertiary/aromatic N) is 1. The predicted molar refractivity (Wildman–Crippen MR) is 69.0 cm³/mol. The summed E-state index contributed by atoms with van der Waals surface area (Å²) in [6, 6.07) is 5.49. The Morgan fingerprint density at radius 3 is 2.82 bits per heavy atom. The Balaban J connectivity index is 2.41. The molecule has 0 saturated heterocycles. The van der Waals surface area contributed by atoms with Gasteiger partial charge in [-0.1, -0.05) is 39.2 Å². The molecule has 0 saturated carbocycles. The molecule has 0 fully saturated rings. The van der Waals surface area contributed by atoms with Crippen LogP contribution in [0.25, 0.3) is 0 Å². The van der Waals surface area contributed by atoms with E-state index in [1.54, 1.807) is 6.07 Å². The zero-order chi connectivity index (χ0) is 12.5. The summed E-state index contributed by atoms with van der Waals surface area (Å²) in [5, 5.41) is 8.98. The van der Waals surface area contributed by atoms with E-state index in [9.17, 15) is 0 Å². The van der Waals surface area contributed by atoms with Crippen LogP contribution < -0.4 is 4.74 Å². The van der Waals surface area contributed by atoms with Gasteiger partial charge in [0.05, 0.1) is 18.9 Å². The van der Waals surface area contributed by atoms with E-state index in [4.69, 9.17) is 9.84 Å². The maximum Gasteiger partial charge on any atom is 0.213 e. The molecule has 0 aliphatic heterocycles. The largest absolute Gasteiger partial charge is 0.477 e. The van der Waals surface area contributed by atoms with Crippen LogP contribution in [0.15, 0.2) is 18.2 Å². The molecule has 1 aromatic rings. The third-order valence-electron chi connectivity index (χ3n) is 2.95. The van der Waals surface area contributed by atoms with Crippen LogP contribution in [0.4, 0.5) is 0 Å². The molecule has 17 heavy (non-hydrogen) atoms. The van der Waals surface area contributed by atoms with Crippen molar-refractivity contribution in [2.45, 2.75) is 46.1 Å². The third kappa shape index (κ3) is 5.18. The van der Waals surface area contributed by atoms with Gasteiger partial charge in [0.25, 0.3) is 0 Å². The van der Waals surface area contributed by atoms with Gasteiger partial charge in [-0.05, 0) is 18.4 Å². The van der Waals surface area contributed by atoms with Crippen molar-refractivity contribution in [1.82, 2.24) is 4.98 Å². The minimum atomic E-state index is -0.0375. The second-order valence-corrected chi connectivity index (χ2v) is 4.35. The molecule has 1 rings (SSSR count). The van der Waals surface area contributed by atoms with Gasteiger partial charge >= 0.3 is 0 Å². The number of ether oxygens (including phenoxy) is 1. The number of aliphatic hydroxyl groups is 1. The van der Waals surface area contributed by atoms with Gasteiger partial charge in [-0.25, -0.2) is 4.98 Å². The second-order valence-electron chi connectivity index (χ2n) is 4.35. The summed E-state index contributed by atoms with van der Waals surface area (Å²) in [6.07, 6.45) is 4.84. The van der Waals surface area contributed by atoms with Crippen molar-refractivity contribution in [1.29, 1.82) is 0 Å². The van der Waals surface area contributed by atoms with Crippen LogP contribution >= 0.6 is 0 Å². The summed E-state index contributed by atoms with van der Waals surface area (Å²) in [6.45, 7) is 5.09. The molecule has 3 heteroatoms. The molecule has 0 aliphatic carbocycles. The first-order valence-electron chi connectivity index (χ1n) is 6.49. The van der Waals surface area contributed by atoms with E-state index < -0.39 is 0 Å². The highest BCUT2D eigenvalue weighted by Gasteiger charge is 2.07. The van der Waals surface area contributed by atoms with E-state index in [2.05, 4.69) is 18.8 Å². The number of unbranched alkanes of at least 4 members (excludes halogenated alkanes) is 1. The third-order valence-corrected chi connectivity index (χ3v) is 2.95. The number of rotatable bonds is 8. The number of hydrogen-bond acceptors (Lipinski definition) is 3. The van der Waals surface area contributed by atoms with Gasteiger partial charge in [-0.15, -0.1) is 0 Å². The summed E-state index contributed by atoms with van der Waals surface area (Å²) in [4.78, 5) is 4.21. The molecular weight excluding hydrogens is 214 g/mol. The molecule has 0 bridgehead atoms. The first-order chi connectivity index (χ1) is 8.30. The van der Waals surface area contributed by atoms with Crippen LogP contribution in [0, 0.1) is 5.92 Å². The first kappa shape index (κ1) is 14.0. The summed E-state index contributed by atoms with van der Waals surface area (Å²) in [7, 11) is 0. The molecule has 1 unspecified atom stereocenters.